The van der Waals surface area contributed by atoms with E-state index < -0.39 is 0 Å². The summed E-state index contributed by atoms with van der Waals surface area (Å²) < 4.78 is 9.65. The van der Waals surface area contributed by atoms with Crippen LogP contribution in [0, 0.1) is 6.92 Å². The molecule has 0 spiro atoms. The predicted molar refractivity (Wildman–Crippen MR) is 73.8 cm³/mol. The van der Waals surface area contributed by atoms with Gasteiger partial charge in [-0.3, -0.25) is 9.78 Å². The Morgan fingerprint density at radius 3 is 2.95 bits per heavy atom. The van der Waals surface area contributed by atoms with Gasteiger partial charge in [0.1, 0.15) is 16.7 Å². The third kappa shape index (κ3) is 2.62. The number of hydrogen-bond acceptors (Lipinski definition) is 6. The van der Waals surface area contributed by atoms with Gasteiger partial charge in [0.05, 0.1) is 12.2 Å². The Labute approximate surface area is 120 Å². The molecule has 7 heteroatoms. The zero-order valence-corrected chi connectivity index (χ0v) is 11.8. The lowest BCUT2D eigenvalue weighted by atomic mass is 10.3. The van der Waals surface area contributed by atoms with Crippen LogP contribution < -0.4 is 4.74 Å². The van der Waals surface area contributed by atoms with Gasteiger partial charge < -0.3 is 9.64 Å². The van der Waals surface area contributed by atoms with Gasteiger partial charge in [-0.05, 0) is 30.6 Å². The molecule has 0 radical (unpaired) electrons. The Kier molecular flexibility index (Phi) is 3.60. The molecule has 1 fully saturated rings. The van der Waals surface area contributed by atoms with Crippen molar-refractivity contribution in [2.75, 3.05) is 13.1 Å². The number of hydrogen-bond donors (Lipinski definition) is 0. The highest BCUT2D eigenvalue weighted by molar-refractivity contribution is 7.07. The summed E-state index contributed by atoms with van der Waals surface area (Å²) in [5.74, 6) is 0.785. The number of carbonyl (C=O) groups excluding carboxylic acids is 1. The maximum Gasteiger partial charge on any atom is 0.267 e. The van der Waals surface area contributed by atoms with E-state index in [1.807, 2.05) is 12.1 Å². The number of amides is 1. The molecule has 6 nitrogen and oxygen atoms in total. The SMILES string of the molecule is Cc1nnsc1C(=O)N1CC[C@H](Oc2ccncc2)C1. The monoisotopic (exact) mass is 290 g/mol. The van der Waals surface area contributed by atoms with Gasteiger partial charge in [-0.2, -0.15) is 0 Å². The van der Waals surface area contributed by atoms with Gasteiger partial charge in [-0.1, -0.05) is 4.49 Å². The highest BCUT2D eigenvalue weighted by atomic mass is 32.1. The Morgan fingerprint density at radius 1 is 1.45 bits per heavy atom. The summed E-state index contributed by atoms with van der Waals surface area (Å²) >= 11 is 1.15. The van der Waals surface area contributed by atoms with Crippen LogP contribution in [0.2, 0.25) is 0 Å². The van der Waals surface area contributed by atoms with Crippen LogP contribution in [-0.4, -0.2) is 44.6 Å². The summed E-state index contributed by atoms with van der Waals surface area (Å²) in [6, 6.07) is 3.64. The number of likely N-dealkylation sites (tertiary alicyclic amines) is 1. The molecular formula is C13H14N4O2S. The molecule has 0 N–H and O–H groups in total. The summed E-state index contributed by atoms with van der Waals surface area (Å²) in [5, 5.41) is 3.88. The third-order valence-electron chi connectivity index (χ3n) is 3.23. The first-order chi connectivity index (χ1) is 9.74. The van der Waals surface area contributed by atoms with E-state index in [2.05, 4.69) is 14.6 Å². The van der Waals surface area contributed by atoms with Gasteiger partial charge in [0.25, 0.3) is 5.91 Å². The molecule has 0 unspecified atom stereocenters. The van der Waals surface area contributed by atoms with Crippen molar-refractivity contribution in [3.05, 3.63) is 35.1 Å². The molecular weight excluding hydrogens is 276 g/mol. The molecule has 0 aliphatic carbocycles. The van der Waals surface area contributed by atoms with Crippen LogP contribution in [-0.2, 0) is 0 Å². The van der Waals surface area contributed by atoms with Crippen LogP contribution in [0.4, 0.5) is 0 Å². The minimum atomic E-state index is -0.00155. The number of aryl methyl sites for hydroxylation is 1. The maximum absolute atomic E-state index is 12.3. The Morgan fingerprint density at radius 2 is 2.25 bits per heavy atom. The van der Waals surface area contributed by atoms with Crippen LogP contribution >= 0.6 is 11.5 Å². The number of pyridine rings is 1. The van der Waals surface area contributed by atoms with E-state index in [0.29, 0.717) is 23.7 Å². The second-order valence-corrected chi connectivity index (χ2v) is 5.40. The number of aromatic nitrogens is 3. The third-order valence-corrected chi connectivity index (χ3v) is 4.05. The van der Waals surface area contributed by atoms with Gasteiger partial charge in [0, 0.05) is 25.4 Å². The van der Waals surface area contributed by atoms with Crippen LogP contribution in [0.1, 0.15) is 21.8 Å². The lowest BCUT2D eigenvalue weighted by molar-refractivity contribution is 0.0776. The number of nitrogens with zero attached hydrogens (tertiary/aromatic N) is 4. The second-order valence-electron chi connectivity index (χ2n) is 4.65. The summed E-state index contributed by atoms with van der Waals surface area (Å²) in [7, 11) is 0. The average Bonchev–Trinajstić information content (AvgIpc) is 3.08. The number of ether oxygens (including phenoxy) is 1. The minimum absolute atomic E-state index is 0.00155. The Hall–Kier alpha value is -2.02. The first kappa shape index (κ1) is 13.0. The lowest BCUT2D eigenvalue weighted by Gasteiger charge is -2.16. The predicted octanol–water partition coefficient (Wildman–Crippen LogP) is 1.54. The zero-order chi connectivity index (χ0) is 13.9. The summed E-state index contributed by atoms with van der Waals surface area (Å²) in [6.45, 7) is 3.10. The van der Waals surface area contributed by atoms with Crippen molar-refractivity contribution >= 4 is 17.4 Å². The van der Waals surface area contributed by atoms with Crippen molar-refractivity contribution in [1.29, 1.82) is 0 Å². The lowest BCUT2D eigenvalue weighted by Crippen LogP contribution is -2.30. The van der Waals surface area contributed by atoms with Gasteiger partial charge in [-0.15, -0.1) is 5.10 Å². The van der Waals surface area contributed by atoms with Crippen molar-refractivity contribution in [2.45, 2.75) is 19.4 Å². The quantitative estimate of drug-likeness (QED) is 0.857. The molecule has 0 aromatic carbocycles. The summed E-state index contributed by atoms with van der Waals surface area (Å²) in [4.78, 5) is 18.7. The first-order valence-electron chi connectivity index (χ1n) is 6.39. The molecule has 3 heterocycles. The Balaban J connectivity index is 1.62. The normalized spacial score (nSPS) is 18.2. The smallest absolute Gasteiger partial charge is 0.267 e. The molecule has 2 aromatic rings. The van der Waals surface area contributed by atoms with E-state index in [9.17, 15) is 4.79 Å². The van der Waals surface area contributed by atoms with Crippen molar-refractivity contribution < 1.29 is 9.53 Å². The maximum atomic E-state index is 12.3. The summed E-state index contributed by atoms with van der Waals surface area (Å²) in [6.07, 6.45) is 4.25. The van der Waals surface area contributed by atoms with Gasteiger partial charge in [0.2, 0.25) is 0 Å². The number of rotatable bonds is 3. The molecule has 1 saturated heterocycles. The molecule has 3 rings (SSSR count). The van der Waals surface area contributed by atoms with E-state index in [-0.39, 0.29) is 12.0 Å². The fourth-order valence-corrected chi connectivity index (χ4v) is 2.81. The Bertz CT molecular complexity index is 601. The largest absolute Gasteiger partial charge is 0.488 e. The van der Waals surface area contributed by atoms with E-state index in [0.717, 1.165) is 23.7 Å². The van der Waals surface area contributed by atoms with Gasteiger partial charge >= 0.3 is 0 Å². The minimum Gasteiger partial charge on any atom is -0.488 e. The standard InChI is InChI=1S/C13H14N4O2S/c1-9-12(20-16-15-9)13(18)17-7-4-11(8-17)19-10-2-5-14-6-3-10/h2-3,5-6,11H,4,7-8H2,1H3/t11-/m0/s1. The summed E-state index contributed by atoms with van der Waals surface area (Å²) in [5.41, 5.74) is 0.693. The van der Waals surface area contributed by atoms with E-state index in [4.69, 9.17) is 4.74 Å². The van der Waals surface area contributed by atoms with Crippen LogP contribution in [0.25, 0.3) is 0 Å². The molecule has 1 amide bonds. The average molecular weight is 290 g/mol. The van der Waals surface area contributed by atoms with Crippen molar-refractivity contribution in [3.63, 3.8) is 0 Å². The number of carbonyl (C=O) groups is 1. The fraction of sp³-hybridized carbons (Fsp3) is 0.385. The van der Waals surface area contributed by atoms with Crippen LogP contribution in [0.3, 0.4) is 0 Å². The van der Waals surface area contributed by atoms with Crippen LogP contribution in [0.5, 0.6) is 5.75 Å². The van der Waals surface area contributed by atoms with Crippen molar-refractivity contribution in [3.8, 4) is 5.75 Å². The molecule has 20 heavy (non-hydrogen) atoms. The highest BCUT2D eigenvalue weighted by Gasteiger charge is 2.30. The molecule has 104 valence electrons. The van der Waals surface area contributed by atoms with E-state index in [1.165, 1.54) is 0 Å². The van der Waals surface area contributed by atoms with Crippen LogP contribution in [0.15, 0.2) is 24.5 Å². The zero-order valence-electron chi connectivity index (χ0n) is 11.0. The van der Waals surface area contributed by atoms with E-state index >= 15 is 0 Å². The van der Waals surface area contributed by atoms with E-state index in [1.54, 1.807) is 24.2 Å². The topological polar surface area (TPSA) is 68.2 Å². The van der Waals surface area contributed by atoms with Gasteiger partial charge in [0.15, 0.2) is 0 Å². The fourth-order valence-electron chi connectivity index (χ4n) is 2.19. The first-order valence-corrected chi connectivity index (χ1v) is 7.16. The molecule has 2 aromatic heterocycles. The van der Waals surface area contributed by atoms with Gasteiger partial charge in [-0.25, -0.2) is 0 Å². The second kappa shape index (κ2) is 5.54. The highest BCUT2D eigenvalue weighted by Crippen LogP contribution is 2.21. The van der Waals surface area contributed by atoms with Crippen molar-refractivity contribution in [2.24, 2.45) is 0 Å². The van der Waals surface area contributed by atoms with Crippen molar-refractivity contribution in [1.82, 2.24) is 19.5 Å². The molecule has 1 aliphatic rings. The molecule has 1 aliphatic heterocycles. The molecule has 0 bridgehead atoms. The molecule has 0 saturated carbocycles. The molecule has 1 atom stereocenters.